The highest BCUT2D eigenvalue weighted by molar-refractivity contribution is 4.22. The minimum atomic E-state index is 0. The minimum absolute atomic E-state index is 0. The van der Waals surface area contributed by atoms with Crippen LogP contribution in [0, 0.1) is 0 Å². The Morgan fingerprint density at radius 1 is 0.375 bits per heavy atom. The molecule has 0 spiro atoms. The molecule has 8 heavy (non-hydrogen) atoms. The second-order valence-corrected chi connectivity index (χ2v) is 0. The standard InChI is InChI=1S/3C2H4.2H3N/c3*1-2;;/h3*1-2H2;2*1H3. The van der Waals surface area contributed by atoms with Gasteiger partial charge in [-0.05, 0) is 0 Å². The van der Waals surface area contributed by atoms with Crippen LogP contribution in [0.3, 0.4) is 0 Å². The van der Waals surface area contributed by atoms with Crippen molar-refractivity contribution in [3.8, 4) is 0 Å². The maximum atomic E-state index is 3.00. The molecule has 0 saturated carbocycles. The molecule has 0 fully saturated rings. The average Bonchev–Trinajstić information content (AvgIpc) is 1.81. The van der Waals surface area contributed by atoms with Crippen molar-refractivity contribution in [1.29, 1.82) is 0 Å². The summed E-state index contributed by atoms with van der Waals surface area (Å²) < 4.78 is 0. The van der Waals surface area contributed by atoms with E-state index in [4.69, 9.17) is 0 Å². The summed E-state index contributed by atoms with van der Waals surface area (Å²) >= 11 is 0. The van der Waals surface area contributed by atoms with Gasteiger partial charge in [-0.1, -0.05) is 0 Å². The third-order valence-electron chi connectivity index (χ3n) is 0. The predicted molar refractivity (Wildman–Crippen MR) is 43.8 cm³/mol. The first-order valence-electron chi connectivity index (χ1n) is 1.50. The van der Waals surface area contributed by atoms with Gasteiger partial charge in [0.2, 0.25) is 0 Å². The van der Waals surface area contributed by atoms with E-state index in [1.165, 1.54) is 0 Å². The third-order valence-corrected chi connectivity index (χ3v) is 0. The quantitative estimate of drug-likeness (QED) is 0.480. The second-order valence-electron chi connectivity index (χ2n) is 0. The molecule has 0 aromatic rings. The highest BCUT2D eigenvalue weighted by Crippen LogP contribution is 0.866. The van der Waals surface area contributed by atoms with Gasteiger partial charge in [0.15, 0.2) is 0 Å². The van der Waals surface area contributed by atoms with Crippen LogP contribution < -0.4 is 12.3 Å². The number of rotatable bonds is 0. The van der Waals surface area contributed by atoms with Gasteiger partial charge in [0, 0.05) is 0 Å². The summed E-state index contributed by atoms with van der Waals surface area (Å²) in [4.78, 5) is 0. The van der Waals surface area contributed by atoms with E-state index >= 15 is 0 Å². The Balaban J connectivity index is -0.00000000500. The molecule has 0 aromatic carbocycles. The van der Waals surface area contributed by atoms with Crippen molar-refractivity contribution in [3.63, 3.8) is 0 Å². The summed E-state index contributed by atoms with van der Waals surface area (Å²) in [5.41, 5.74) is 0. The zero-order valence-electron chi connectivity index (χ0n) is 5.66. The monoisotopic (exact) mass is 118 g/mol. The van der Waals surface area contributed by atoms with Crippen molar-refractivity contribution < 1.29 is 0 Å². The van der Waals surface area contributed by atoms with Crippen LogP contribution in [0.4, 0.5) is 0 Å². The van der Waals surface area contributed by atoms with Crippen molar-refractivity contribution in [2.45, 2.75) is 0 Å². The van der Waals surface area contributed by atoms with E-state index in [2.05, 4.69) is 39.5 Å². The molecule has 0 rings (SSSR count). The van der Waals surface area contributed by atoms with Gasteiger partial charge in [-0.25, -0.2) is 0 Å². The number of hydrogen-bond donors (Lipinski definition) is 2. The van der Waals surface area contributed by atoms with Gasteiger partial charge in [0.25, 0.3) is 0 Å². The molecule has 0 aliphatic carbocycles. The number of hydrogen-bond acceptors (Lipinski definition) is 2. The Hall–Kier alpha value is -0.860. The van der Waals surface area contributed by atoms with E-state index in [9.17, 15) is 0 Å². The smallest absolute Gasteiger partial charge is 0.106 e. The molecule has 0 saturated heterocycles. The lowest BCUT2D eigenvalue weighted by Gasteiger charge is -0.813. The van der Waals surface area contributed by atoms with E-state index in [1.807, 2.05) is 0 Å². The van der Waals surface area contributed by atoms with E-state index in [0.717, 1.165) is 0 Å². The van der Waals surface area contributed by atoms with Crippen LogP contribution >= 0.6 is 0 Å². The Kier molecular flexibility index (Phi) is 1610. The van der Waals surface area contributed by atoms with Gasteiger partial charge in [-0.2, -0.15) is 0 Å². The maximum Gasteiger partial charge on any atom is -0.106 e. The zero-order valence-corrected chi connectivity index (χ0v) is 5.66. The molecule has 0 radical (unpaired) electrons. The summed E-state index contributed by atoms with van der Waals surface area (Å²) in [5.74, 6) is 0. The van der Waals surface area contributed by atoms with Gasteiger partial charge < -0.3 is 12.3 Å². The first-order chi connectivity index (χ1) is 3.00. The van der Waals surface area contributed by atoms with Crippen LogP contribution in [0.1, 0.15) is 0 Å². The molecule has 2 heteroatoms. The molecule has 0 atom stereocenters. The lowest BCUT2D eigenvalue weighted by molar-refractivity contribution is 2.13. The maximum absolute atomic E-state index is 3.00. The summed E-state index contributed by atoms with van der Waals surface area (Å²) in [5, 5.41) is 0. The molecule has 0 unspecified atom stereocenters. The first-order valence-corrected chi connectivity index (χ1v) is 1.50. The lowest BCUT2D eigenvalue weighted by atomic mass is 11.3. The average molecular weight is 118 g/mol. The van der Waals surface area contributed by atoms with Gasteiger partial charge in [0.1, 0.15) is 0 Å². The summed E-state index contributed by atoms with van der Waals surface area (Å²) in [6, 6.07) is 0. The van der Waals surface area contributed by atoms with E-state index in [1.54, 1.807) is 0 Å². The van der Waals surface area contributed by atoms with E-state index in [0.29, 0.717) is 0 Å². The highest BCUT2D eigenvalue weighted by atomic mass is 14.0. The van der Waals surface area contributed by atoms with Gasteiger partial charge in [-0.3, -0.25) is 0 Å². The lowest BCUT2D eigenvalue weighted by Crippen LogP contribution is -0.552. The summed E-state index contributed by atoms with van der Waals surface area (Å²) in [6.45, 7) is 18.0. The molecule has 0 bridgehead atoms. The van der Waals surface area contributed by atoms with E-state index < -0.39 is 0 Å². The molecule has 0 heterocycles. The minimum Gasteiger partial charge on any atom is -0.344 e. The normalized spacial score (nSPS) is 1.50. The van der Waals surface area contributed by atoms with Crippen LogP contribution in [0.15, 0.2) is 39.5 Å². The van der Waals surface area contributed by atoms with Crippen molar-refractivity contribution in [2.24, 2.45) is 0 Å². The third kappa shape index (κ3) is 119. The fourth-order valence-corrected chi connectivity index (χ4v) is 0. The molecule has 6 N–H and O–H groups in total. The van der Waals surface area contributed by atoms with Crippen LogP contribution in [0.25, 0.3) is 0 Å². The Morgan fingerprint density at radius 3 is 0.375 bits per heavy atom. The van der Waals surface area contributed by atoms with E-state index in [-0.39, 0.29) is 12.3 Å². The fourth-order valence-electron chi connectivity index (χ4n) is 0. The Morgan fingerprint density at radius 2 is 0.375 bits per heavy atom. The molecule has 0 aromatic heterocycles. The Bertz CT molecular complexity index is 11.2. The van der Waals surface area contributed by atoms with Crippen molar-refractivity contribution in [2.75, 3.05) is 0 Å². The predicted octanol–water partition coefficient (Wildman–Crippen LogP) is 2.73. The van der Waals surface area contributed by atoms with Gasteiger partial charge in [0.05, 0.1) is 0 Å². The van der Waals surface area contributed by atoms with Gasteiger partial charge >= 0.3 is 0 Å². The first kappa shape index (κ1) is 58.8. The molecule has 0 aliphatic rings. The molecular formula is C6H18N2. The second kappa shape index (κ2) is 219. The SMILES string of the molecule is C=C.C=C.C=C.N.N. The van der Waals surface area contributed by atoms with Gasteiger partial charge in [-0.15, -0.1) is 39.5 Å². The molecule has 0 aliphatic heterocycles. The molecule has 2 nitrogen and oxygen atoms in total. The van der Waals surface area contributed by atoms with Crippen LogP contribution in [0.2, 0.25) is 0 Å². The highest BCUT2D eigenvalue weighted by Gasteiger charge is 0.605. The summed E-state index contributed by atoms with van der Waals surface area (Å²) in [6.07, 6.45) is 0. The van der Waals surface area contributed by atoms with Crippen molar-refractivity contribution in [1.82, 2.24) is 12.3 Å². The summed E-state index contributed by atoms with van der Waals surface area (Å²) in [7, 11) is 0. The fraction of sp³-hybridized carbons (Fsp3) is 0. The van der Waals surface area contributed by atoms with Crippen LogP contribution in [0.5, 0.6) is 0 Å². The van der Waals surface area contributed by atoms with Crippen molar-refractivity contribution >= 4 is 0 Å². The van der Waals surface area contributed by atoms with Crippen LogP contribution in [-0.2, 0) is 0 Å². The largest absolute Gasteiger partial charge is 0.344 e. The molecular weight excluding hydrogens is 100 g/mol. The van der Waals surface area contributed by atoms with Crippen molar-refractivity contribution in [3.05, 3.63) is 39.5 Å². The molecule has 0 amide bonds. The molecule has 52 valence electrons. The Labute approximate surface area is 52.8 Å². The topological polar surface area (TPSA) is 70.0 Å². The van der Waals surface area contributed by atoms with Crippen LogP contribution in [-0.4, -0.2) is 0 Å². The zero-order chi connectivity index (χ0) is 6.00.